The zero-order chi connectivity index (χ0) is 9.80. The molecule has 1 aromatic carbocycles. The number of para-hydroxylation sites is 1. The Kier molecular flexibility index (Phi) is 2.74. The summed E-state index contributed by atoms with van der Waals surface area (Å²) in [6.07, 6.45) is 9.03. The zero-order valence-corrected chi connectivity index (χ0v) is 8.20. The zero-order valence-electron chi connectivity index (χ0n) is 8.20. The van der Waals surface area contributed by atoms with Gasteiger partial charge < -0.3 is 4.74 Å². The monoisotopic (exact) mass is 186 g/mol. The van der Waals surface area contributed by atoms with Crippen LogP contribution in [0.1, 0.15) is 18.4 Å². The molecule has 72 valence electrons. The number of rotatable bonds is 4. The second-order valence-corrected chi connectivity index (χ2v) is 3.75. The van der Waals surface area contributed by atoms with Crippen LogP contribution >= 0.6 is 0 Å². The highest BCUT2D eigenvalue weighted by Crippen LogP contribution is 2.35. The molecule has 0 atom stereocenters. The molecule has 0 spiro atoms. The summed E-state index contributed by atoms with van der Waals surface area (Å²) in [5.41, 5.74) is 1.30. The molecule has 0 saturated heterocycles. The number of benzene rings is 1. The van der Waals surface area contributed by atoms with Crippen LogP contribution in [0, 0.1) is 18.3 Å². The molecule has 0 radical (unpaired) electrons. The van der Waals surface area contributed by atoms with Crippen molar-refractivity contribution in [2.24, 2.45) is 5.92 Å². The van der Waals surface area contributed by atoms with E-state index in [0.29, 0.717) is 6.61 Å². The van der Waals surface area contributed by atoms with Crippen LogP contribution in [0.25, 0.3) is 0 Å². The fourth-order valence-electron chi connectivity index (χ4n) is 1.57. The van der Waals surface area contributed by atoms with Crippen LogP contribution in [0.5, 0.6) is 5.75 Å². The van der Waals surface area contributed by atoms with Gasteiger partial charge in [0.25, 0.3) is 0 Å². The van der Waals surface area contributed by atoms with Gasteiger partial charge in [0, 0.05) is 0 Å². The van der Waals surface area contributed by atoms with E-state index in [9.17, 15) is 0 Å². The normalized spacial score (nSPS) is 14.8. The number of hydrogen-bond acceptors (Lipinski definition) is 1. The molecule has 1 fully saturated rings. The van der Waals surface area contributed by atoms with Crippen molar-refractivity contribution < 1.29 is 4.74 Å². The SMILES string of the molecule is C#CCOc1ccccc1CC1CC1. The molecule has 0 amide bonds. The Hall–Kier alpha value is -1.42. The summed E-state index contributed by atoms with van der Waals surface area (Å²) in [7, 11) is 0. The molecule has 14 heavy (non-hydrogen) atoms. The van der Waals surface area contributed by atoms with E-state index in [1.54, 1.807) is 0 Å². The van der Waals surface area contributed by atoms with E-state index in [0.717, 1.165) is 18.1 Å². The van der Waals surface area contributed by atoms with Crippen LogP contribution in [-0.4, -0.2) is 6.61 Å². The lowest BCUT2D eigenvalue weighted by Gasteiger charge is -2.08. The first-order chi connectivity index (χ1) is 6.90. The molecule has 1 saturated carbocycles. The molecule has 1 aromatic rings. The van der Waals surface area contributed by atoms with E-state index in [4.69, 9.17) is 11.2 Å². The first-order valence-corrected chi connectivity index (χ1v) is 5.04. The fraction of sp³-hybridized carbons (Fsp3) is 0.385. The number of hydrogen-bond donors (Lipinski definition) is 0. The van der Waals surface area contributed by atoms with Gasteiger partial charge >= 0.3 is 0 Å². The molecule has 2 rings (SSSR count). The first-order valence-electron chi connectivity index (χ1n) is 5.04. The Labute approximate surface area is 85.1 Å². The van der Waals surface area contributed by atoms with E-state index >= 15 is 0 Å². The second kappa shape index (κ2) is 4.19. The van der Waals surface area contributed by atoms with Crippen molar-refractivity contribution in [2.75, 3.05) is 6.61 Å². The molecule has 1 aliphatic rings. The summed E-state index contributed by atoms with van der Waals surface area (Å²) in [4.78, 5) is 0. The Bertz CT molecular complexity index is 344. The molecule has 1 aliphatic carbocycles. The summed E-state index contributed by atoms with van der Waals surface area (Å²) in [6, 6.07) is 8.17. The van der Waals surface area contributed by atoms with Gasteiger partial charge in [-0.1, -0.05) is 24.1 Å². The van der Waals surface area contributed by atoms with Crippen molar-refractivity contribution in [3.63, 3.8) is 0 Å². The van der Waals surface area contributed by atoms with Crippen LogP contribution in [0.4, 0.5) is 0 Å². The molecular formula is C13H14O. The highest BCUT2D eigenvalue weighted by molar-refractivity contribution is 5.34. The maximum absolute atomic E-state index is 5.48. The van der Waals surface area contributed by atoms with Gasteiger partial charge in [0.05, 0.1) is 0 Å². The first kappa shape index (κ1) is 9.15. The minimum atomic E-state index is 0.363. The lowest BCUT2D eigenvalue weighted by atomic mass is 10.1. The summed E-state index contributed by atoms with van der Waals surface area (Å²) in [5.74, 6) is 4.33. The molecule has 0 N–H and O–H groups in total. The quantitative estimate of drug-likeness (QED) is 0.657. The molecule has 0 aromatic heterocycles. The van der Waals surface area contributed by atoms with Gasteiger partial charge in [-0.05, 0) is 36.8 Å². The molecule has 0 bridgehead atoms. The maximum atomic E-state index is 5.48. The highest BCUT2D eigenvalue weighted by atomic mass is 16.5. The van der Waals surface area contributed by atoms with Crippen LogP contribution in [0.2, 0.25) is 0 Å². The van der Waals surface area contributed by atoms with Crippen LogP contribution < -0.4 is 4.74 Å². The Morgan fingerprint density at radius 2 is 2.14 bits per heavy atom. The molecule has 1 nitrogen and oxygen atoms in total. The second-order valence-electron chi connectivity index (χ2n) is 3.75. The van der Waals surface area contributed by atoms with Crippen molar-refractivity contribution in [3.8, 4) is 18.1 Å². The van der Waals surface area contributed by atoms with Crippen molar-refractivity contribution in [3.05, 3.63) is 29.8 Å². The third-order valence-corrected chi connectivity index (χ3v) is 2.49. The van der Waals surface area contributed by atoms with Crippen molar-refractivity contribution in [2.45, 2.75) is 19.3 Å². The van der Waals surface area contributed by atoms with Crippen molar-refractivity contribution in [1.82, 2.24) is 0 Å². The van der Waals surface area contributed by atoms with Gasteiger partial charge in [-0.3, -0.25) is 0 Å². The molecule has 0 unspecified atom stereocenters. The van der Waals surface area contributed by atoms with Gasteiger partial charge in [-0.15, -0.1) is 6.42 Å². The Morgan fingerprint density at radius 3 is 2.86 bits per heavy atom. The molecular weight excluding hydrogens is 172 g/mol. The molecule has 0 aliphatic heterocycles. The van der Waals surface area contributed by atoms with Crippen molar-refractivity contribution in [1.29, 1.82) is 0 Å². The Balaban J connectivity index is 2.07. The van der Waals surface area contributed by atoms with E-state index < -0.39 is 0 Å². The van der Waals surface area contributed by atoms with Crippen LogP contribution in [0.3, 0.4) is 0 Å². The largest absolute Gasteiger partial charge is 0.481 e. The van der Waals surface area contributed by atoms with Crippen LogP contribution in [-0.2, 0) is 6.42 Å². The minimum Gasteiger partial charge on any atom is -0.481 e. The highest BCUT2D eigenvalue weighted by Gasteiger charge is 2.22. The summed E-state index contributed by atoms with van der Waals surface area (Å²) >= 11 is 0. The summed E-state index contributed by atoms with van der Waals surface area (Å²) in [6.45, 7) is 0.363. The minimum absolute atomic E-state index is 0.363. The predicted octanol–water partition coefficient (Wildman–Crippen LogP) is 2.65. The Morgan fingerprint density at radius 1 is 1.36 bits per heavy atom. The lowest BCUT2D eigenvalue weighted by Crippen LogP contribution is -1.98. The molecule has 0 heterocycles. The van der Waals surface area contributed by atoms with Gasteiger partial charge in [0.2, 0.25) is 0 Å². The average molecular weight is 186 g/mol. The van der Waals surface area contributed by atoms with Crippen LogP contribution in [0.15, 0.2) is 24.3 Å². The smallest absolute Gasteiger partial charge is 0.148 e. The summed E-state index contributed by atoms with van der Waals surface area (Å²) in [5, 5.41) is 0. The van der Waals surface area contributed by atoms with E-state index in [-0.39, 0.29) is 0 Å². The third-order valence-electron chi connectivity index (χ3n) is 2.49. The van der Waals surface area contributed by atoms with E-state index in [1.807, 2.05) is 12.1 Å². The lowest BCUT2D eigenvalue weighted by molar-refractivity contribution is 0.365. The molecule has 1 heteroatoms. The van der Waals surface area contributed by atoms with Gasteiger partial charge in [-0.2, -0.15) is 0 Å². The fourth-order valence-corrected chi connectivity index (χ4v) is 1.57. The van der Waals surface area contributed by atoms with Gasteiger partial charge in [0.1, 0.15) is 12.4 Å². The van der Waals surface area contributed by atoms with Crippen molar-refractivity contribution >= 4 is 0 Å². The van der Waals surface area contributed by atoms with E-state index in [1.165, 1.54) is 18.4 Å². The topological polar surface area (TPSA) is 9.23 Å². The number of ether oxygens (including phenoxy) is 1. The summed E-state index contributed by atoms with van der Waals surface area (Å²) < 4.78 is 5.48. The van der Waals surface area contributed by atoms with Gasteiger partial charge in [0.15, 0.2) is 0 Å². The van der Waals surface area contributed by atoms with E-state index in [2.05, 4.69) is 18.1 Å². The third kappa shape index (κ3) is 2.29. The van der Waals surface area contributed by atoms with Gasteiger partial charge in [-0.25, -0.2) is 0 Å². The predicted molar refractivity (Wildman–Crippen MR) is 57.2 cm³/mol. The number of terminal acetylenes is 1. The maximum Gasteiger partial charge on any atom is 0.148 e. The average Bonchev–Trinajstić information content (AvgIpc) is 3.01. The standard InChI is InChI=1S/C13H14O/c1-2-9-14-13-6-4-3-5-12(13)10-11-7-8-11/h1,3-6,11H,7-10H2.